The van der Waals surface area contributed by atoms with Crippen LogP contribution in [-0.4, -0.2) is 36.5 Å². The second kappa shape index (κ2) is 5.10. The van der Waals surface area contributed by atoms with Crippen molar-refractivity contribution in [2.75, 3.05) is 36.5 Å². The summed E-state index contributed by atoms with van der Waals surface area (Å²) in [6.07, 6.45) is 7.51. The number of anilines is 2. The number of hydrogen-bond acceptors (Lipinski definition) is 3. The first-order chi connectivity index (χ1) is 10.3. The molecule has 4 nitrogen and oxygen atoms in total. The molecule has 3 heterocycles. The maximum absolute atomic E-state index is 4.39. The molecule has 0 aliphatic carbocycles. The highest BCUT2D eigenvalue weighted by molar-refractivity contribution is 5.64. The van der Waals surface area contributed by atoms with E-state index in [1.165, 1.54) is 36.2 Å². The average Bonchev–Trinajstić information content (AvgIpc) is 3.18. The minimum Gasteiger partial charge on any atom is -0.374 e. The van der Waals surface area contributed by atoms with E-state index in [-0.39, 0.29) is 0 Å². The standard InChI is InChI=1S/C17H22N4/c1-19-10-5-14-13-16(3-4-17(14)19)20-11-6-15(7-12-20)21-9-2-8-18-21/h2-4,8-9,13,15H,5-7,10-12H2,1H3. The molecule has 0 amide bonds. The van der Waals surface area contributed by atoms with E-state index in [2.05, 4.69) is 51.0 Å². The Labute approximate surface area is 126 Å². The van der Waals surface area contributed by atoms with Crippen LogP contribution in [0.3, 0.4) is 0 Å². The largest absolute Gasteiger partial charge is 0.374 e. The van der Waals surface area contributed by atoms with Crippen molar-refractivity contribution in [2.24, 2.45) is 0 Å². The van der Waals surface area contributed by atoms with Crippen molar-refractivity contribution in [3.05, 3.63) is 42.2 Å². The Balaban J connectivity index is 1.47. The Hall–Kier alpha value is -1.97. The van der Waals surface area contributed by atoms with Crippen LogP contribution in [0.25, 0.3) is 0 Å². The number of benzene rings is 1. The first kappa shape index (κ1) is 12.7. The molecular formula is C17H22N4. The lowest BCUT2D eigenvalue weighted by atomic mass is 10.0. The van der Waals surface area contributed by atoms with Gasteiger partial charge < -0.3 is 9.80 Å². The predicted octanol–water partition coefficient (Wildman–Crippen LogP) is 2.72. The van der Waals surface area contributed by atoms with Crippen molar-refractivity contribution in [2.45, 2.75) is 25.3 Å². The summed E-state index contributed by atoms with van der Waals surface area (Å²) < 4.78 is 2.12. The molecule has 1 fully saturated rings. The lowest BCUT2D eigenvalue weighted by molar-refractivity contribution is 0.367. The van der Waals surface area contributed by atoms with Crippen LogP contribution in [0.15, 0.2) is 36.7 Å². The highest BCUT2D eigenvalue weighted by Gasteiger charge is 2.22. The Morgan fingerprint density at radius 2 is 2.00 bits per heavy atom. The normalized spacial score (nSPS) is 19.1. The topological polar surface area (TPSA) is 24.3 Å². The highest BCUT2D eigenvalue weighted by atomic mass is 15.3. The maximum Gasteiger partial charge on any atom is 0.0552 e. The summed E-state index contributed by atoms with van der Waals surface area (Å²) in [5, 5.41) is 4.39. The lowest BCUT2D eigenvalue weighted by Gasteiger charge is -2.34. The van der Waals surface area contributed by atoms with Crippen LogP contribution in [0.2, 0.25) is 0 Å². The Kier molecular flexibility index (Phi) is 3.09. The third kappa shape index (κ3) is 2.28. The van der Waals surface area contributed by atoms with Gasteiger partial charge in [-0.3, -0.25) is 4.68 Å². The highest BCUT2D eigenvalue weighted by Crippen LogP contribution is 2.32. The zero-order valence-electron chi connectivity index (χ0n) is 12.6. The Bertz CT molecular complexity index is 612. The van der Waals surface area contributed by atoms with E-state index in [0.29, 0.717) is 6.04 Å². The van der Waals surface area contributed by atoms with Crippen molar-refractivity contribution in [1.82, 2.24) is 9.78 Å². The van der Waals surface area contributed by atoms with Crippen LogP contribution in [0, 0.1) is 0 Å². The van der Waals surface area contributed by atoms with Gasteiger partial charge in [0.25, 0.3) is 0 Å². The van der Waals surface area contributed by atoms with Crippen LogP contribution in [0.4, 0.5) is 11.4 Å². The smallest absolute Gasteiger partial charge is 0.0552 e. The van der Waals surface area contributed by atoms with Gasteiger partial charge in [-0.15, -0.1) is 0 Å². The van der Waals surface area contributed by atoms with E-state index in [9.17, 15) is 0 Å². The van der Waals surface area contributed by atoms with Crippen LogP contribution in [0.5, 0.6) is 0 Å². The van der Waals surface area contributed by atoms with Crippen LogP contribution >= 0.6 is 0 Å². The molecule has 21 heavy (non-hydrogen) atoms. The number of piperidine rings is 1. The van der Waals surface area contributed by atoms with Crippen molar-refractivity contribution in [3.63, 3.8) is 0 Å². The van der Waals surface area contributed by atoms with Gasteiger partial charge in [-0.25, -0.2) is 0 Å². The molecule has 1 saturated heterocycles. The number of likely N-dealkylation sites (N-methyl/N-ethyl adjacent to an activating group) is 1. The van der Waals surface area contributed by atoms with Crippen LogP contribution in [-0.2, 0) is 6.42 Å². The van der Waals surface area contributed by atoms with E-state index in [1.807, 2.05) is 12.3 Å². The van der Waals surface area contributed by atoms with Gasteiger partial charge in [-0.1, -0.05) is 0 Å². The fraction of sp³-hybridized carbons (Fsp3) is 0.471. The first-order valence-electron chi connectivity index (χ1n) is 7.89. The van der Waals surface area contributed by atoms with Gasteiger partial charge in [-0.05, 0) is 49.1 Å². The van der Waals surface area contributed by atoms with E-state index in [0.717, 1.165) is 19.6 Å². The molecule has 0 spiro atoms. The van der Waals surface area contributed by atoms with E-state index < -0.39 is 0 Å². The number of nitrogens with zero attached hydrogens (tertiary/aromatic N) is 4. The lowest BCUT2D eigenvalue weighted by Crippen LogP contribution is -2.34. The molecule has 2 aliphatic rings. The fourth-order valence-electron chi connectivity index (χ4n) is 3.64. The Morgan fingerprint density at radius 3 is 2.76 bits per heavy atom. The second-order valence-electron chi connectivity index (χ2n) is 6.19. The van der Waals surface area contributed by atoms with Crippen molar-refractivity contribution >= 4 is 11.4 Å². The zero-order valence-corrected chi connectivity index (χ0v) is 12.6. The monoisotopic (exact) mass is 282 g/mol. The molecule has 2 aliphatic heterocycles. The number of rotatable bonds is 2. The Morgan fingerprint density at radius 1 is 1.14 bits per heavy atom. The minimum absolute atomic E-state index is 0.566. The maximum atomic E-state index is 4.39. The van der Waals surface area contributed by atoms with E-state index >= 15 is 0 Å². The summed E-state index contributed by atoms with van der Waals surface area (Å²) in [7, 11) is 2.18. The van der Waals surface area contributed by atoms with Crippen LogP contribution in [0.1, 0.15) is 24.4 Å². The molecule has 2 aromatic rings. The third-order valence-electron chi connectivity index (χ3n) is 4.92. The van der Waals surface area contributed by atoms with E-state index in [4.69, 9.17) is 0 Å². The molecule has 1 aromatic heterocycles. The van der Waals surface area contributed by atoms with Gasteiger partial charge in [0.1, 0.15) is 0 Å². The SMILES string of the molecule is CN1CCc2cc(N3CCC(n4cccn4)CC3)ccc21. The fourth-order valence-corrected chi connectivity index (χ4v) is 3.64. The van der Waals surface area contributed by atoms with Crippen molar-refractivity contribution < 1.29 is 0 Å². The molecule has 4 rings (SSSR count). The molecule has 0 bridgehead atoms. The zero-order chi connectivity index (χ0) is 14.2. The van der Waals surface area contributed by atoms with Gasteiger partial charge in [-0.2, -0.15) is 5.10 Å². The second-order valence-corrected chi connectivity index (χ2v) is 6.19. The van der Waals surface area contributed by atoms with Gasteiger partial charge >= 0.3 is 0 Å². The summed E-state index contributed by atoms with van der Waals surface area (Å²) in [5.74, 6) is 0. The molecule has 1 aromatic carbocycles. The van der Waals surface area contributed by atoms with Crippen molar-refractivity contribution in [3.8, 4) is 0 Å². The molecule has 0 saturated carbocycles. The summed E-state index contributed by atoms with van der Waals surface area (Å²) in [5.41, 5.74) is 4.30. The summed E-state index contributed by atoms with van der Waals surface area (Å²) in [6.45, 7) is 3.40. The van der Waals surface area contributed by atoms with E-state index in [1.54, 1.807) is 0 Å². The quantitative estimate of drug-likeness (QED) is 0.846. The molecule has 0 atom stereocenters. The minimum atomic E-state index is 0.566. The molecule has 0 N–H and O–H groups in total. The summed E-state index contributed by atoms with van der Waals surface area (Å²) in [6, 6.07) is 9.56. The van der Waals surface area contributed by atoms with Gasteiger partial charge in [0.15, 0.2) is 0 Å². The third-order valence-corrected chi connectivity index (χ3v) is 4.92. The molecule has 110 valence electrons. The first-order valence-corrected chi connectivity index (χ1v) is 7.89. The van der Waals surface area contributed by atoms with Gasteiger partial charge in [0.05, 0.1) is 6.04 Å². The molecule has 0 radical (unpaired) electrons. The van der Waals surface area contributed by atoms with Crippen LogP contribution < -0.4 is 9.80 Å². The number of hydrogen-bond donors (Lipinski definition) is 0. The molecule has 0 unspecified atom stereocenters. The number of fused-ring (bicyclic) bond motifs is 1. The molecule has 4 heteroatoms. The summed E-state index contributed by atoms with van der Waals surface area (Å²) >= 11 is 0. The van der Waals surface area contributed by atoms with Gasteiger partial charge in [0.2, 0.25) is 0 Å². The predicted molar refractivity (Wildman–Crippen MR) is 86.1 cm³/mol. The number of aromatic nitrogens is 2. The summed E-state index contributed by atoms with van der Waals surface area (Å²) in [4.78, 5) is 4.88. The van der Waals surface area contributed by atoms with Crippen molar-refractivity contribution in [1.29, 1.82) is 0 Å². The van der Waals surface area contributed by atoms with Gasteiger partial charge in [0, 0.05) is 50.5 Å². The molecular weight excluding hydrogens is 260 g/mol. The average molecular weight is 282 g/mol.